The highest BCUT2D eigenvalue weighted by Crippen LogP contribution is 2.36. The minimum atomic E-state index is -0.976. The molecule has 0 spiro atoms. The van der Waals surface area contributed by atoms with Crippen molar-refractivity contribution in [2.75, 3.05) is 40.8 Å². The van der Waals surface area contributed by atoms with Crippen LogP contribution in [0.2, 0.25) is 0 Å². The lowest BCUT2D eigenvalue weighted by Crippen LogP contribution is -2.62. The molecule has 8 heteroatoms. The Bertz CT molecular complexity index is 1550. The molecule has 3 aromatic carbocycles. The van der Waals surface area contributed by atoms with E-state index >= 15 is 0 Å². The summed E-state index contributed by atoms with van der Waals surface area (Å²) in [5.41, 5.74) is 1.68. The van der Waals surface area contributed by atoms with Gasteiger partial charge in [-0.15, -0.1) is 0 Å². The van der Waals surface area contributed by atoms with Gasteiger partial charge >= 0.3 is 5.97 Å². The normalized spacial score (nSPS) is 19.0. The Morgan fingerprint density at radius 3 is 2.34 bits per heavy atom. The van der Waals surface area contributed by atoms with E-state index in [1.165, 1.54) is 6.08 Å². The monoisotopic (exact) mass is 638 g/mol. The lowest BCUT2D eigenvalue weighted by molar-refractivity contribution is -0.147. The zero-order valence-corrected chi connectivity index (χ0v) is 28.1. The van der Waals surface area contributed by atoms with Crippen LogP contribution in [0.5, 0.6) is 0 Å². The summed E-state index contributed by atoms with van der Waals surface area (Å²) in [6.45, 7) is 2.33. The fourth-order valence-electron chi connectivity index (χ4n) is 7.34. The predicted molar refractivity (Wildman–Crippen MR) is 187 cm³/mol. The van der Waals surface area contributed by atoms with Gasteiger partial charge in [0.2, 0.25) is 11.8 Å². The van der Waals surface area contributed by atoms with Crippen LogP contribution in [0.3, 0.4) is 0 Å². The fraction of sp³-hybridized carbons (Fsp3) is 0.462. The summed E-state index contributed by atoms with van der Waals surface area (Å²) in [4.78, 5) is 46.2. The number of carbonyl (C=O) groups excluding carboxylic acids is 2. The smallest absolute Gasteiger partial charge is 0.327 e. The molecule has 3 atom stereocenters. The lowest BCUT2D eigenvalue weighted by Gasteiger charge is -2.46. The zero-order valence-electron chi connectivity index (χ0n) is 28.1. The first-order chi connectivity index (χ1) is 22.6. The van der Waals surface area contributed by atoms with Crippen LogP contribution in [0.25, 0.3) is 10.8 Å². The van der Waals surface area contributed by atoms with Crippen molar-refractivity contribution in [3.63, 3.8) is 0 Å². The number of rotatable bonds is 14. The van der Waals surface area contributed by atoms with Gasteiger partial charge in [-0.05, 0) is 86.9 Å². The largest absolute Gasteiger partial charge is 0.478 e. The molecule has 0 unspecified atom stereocenters. The summed E-state index contributed by atoms with van der Waals surface area (Å²) in [7, 11) is 5.92. The first-order valence-electron chi connectivity index (χ1n) is 17.0. The number of nitrogens with zero attached hydrogens (tertiary/aromatic N) is 3. The van der Waals surface area contributed by atoms with E-state index in [4.69, 9.17) is 0 Å². The summed E-state index contributed by atoms with van der Waals surface area (Å²) in [5.74, 6) is -0.695. The molecule has 250 valence electrons. The molecule has 0 aromatic heterocycles. The number of amides is 2. The second-order valence-corrected chi connectivity index (χ2v) is 13.9. The van der Waals surface area contributed by atoms with Gasteiger partial charge in [0.15, 0.2) is 0 Å². The third kappa shape index (κ3) is 9.08. The molecule has 1 saturated carbocycles. The second-order valence-electron chi connectivity index (χ2n) is 13.9. The molecule has 3 aromatic rings. The van der Waals surface area contributed by atoms with Crippen molar-refractivity contribution < 1.29 is 19.5 Å². The maximum Gasteiger partial charge on any atom is 0.327 e. The molecule has 0 radical (unpaired) electrons. The Morgan fingerprint density at radius 1 is 0.936 bits per heavy atom. The van der Waals surface area contributed by atoms with Crippen LogP contribution in [-0.2, 0) is 27.2 Å². The van der Waals surface area contributed by atoms with E-state index in [1.807, 2.05) is 47.4 Å². The number of carbonyl (C=O) groups is 3. The van der Waals surface area contributed by atoms with Gasteiger partial charge < -0.3 is 19.8 Å². The standard InChI is InChI=1S/C39H50N4O4/c1-41(2)27-31-14-10-23-43(28-31)38(47)35(26-29-12-5-4-6-13-29)42(3)37(46)34(40-39(21-11-22-39)20-9-17-36(44)45)25-30-18-19-32-15-7-8-16-33(32)24-30/h4-9,12-13,15-19,24,31,34-35,40H,10-11,14,20-23,25-28H2,1-3H3,(H,44,45)/b17-9+/t31-,34+,35+/m0/s1. The predicted octanol–water partition coefficient (Wildman–Crippen LogP) is 5.16. The van der Waals surface area contributed by atoms with Crippen molar-refractivity contribution in [1.29, 1.82) is 0 Å². The minimum Gasteiger partial charge on any atom is -0.478 e. The van der Waals surface area contributed by atoms with Crippen LogP contribution in [-0.4, -0.2) is 96.0 Å². The Hall–Kier alpha value is -4.01. The maximum absolute atomic E-state index is 14.7. The van der Waals surface area contributed by atoms with Crippen molar-refractivity contribution in [2.45, 2.75) is 69.0 Å². The fourth-order valence-corrected chi connectivity index (χ4v) is 7.34. The first kappa shape index (κ1) is 34.3. The van der Waals surface area contributed by atoms with Crippen LogP contribution in [0, 0.1) is 5.92 Å². The van der Waals surface area contributed by atoms with Gasteiger partial charge in [-0.1, -0.05) is 78.9 Å². The van der Waals surface area contributed by atoms with E-state index in [9.17, 15) is 19.5 Å². The van der Waals surface area contributed by atoms with Crippen molar-refractivity contribution in [3.05, 3.63) is 96.1 Å². The summed E-state index contributed by atoms with van der Waals surface area (Å²) >= 11 is 0. The van der Waals surface area contributed by atoms with Crippen LogP contribution >= 0.6 is 0 Å². The number of aliphatic carboxylic acids is 1. The van der Waals surface area contributed by atoms with Gasteiger partial charge in [-0.2, -0.15) is 0 Å². The molecule has 2 aliphatic rings. The number of piperidine rings is 1. The molecule has 1 aliphatic carbocycles. The van der Waals surface area contributed by atoms with Gasteiger partial charge in [-0.25, -0.2) is 4.79 Å². The number of nitrogens with one attached hydrogen (secondary N) is 1. The second kappa shape index (κ2) is 15.7. The van der Waals surface area contributed by atoms with Crippen LogP contribution in [0.4, 0.5) is 0 Å². The third-order valence-corrected chi connectivity index (χ3v) is 9.94. The molecular weight excluding hydrogens is 588 g/mol. The van der Waals surface area contributed by atoms with E-state index in [2.05, 4.69) is 54.6 Å². The molecule has 2 fully saturated rings. The number of carboxylic acid groups (broad SMARTS) is 1. The van der Waals surface area contributed by atoms with Crippen molar-refractivity contribution in [1.82, 2.24) is 20.0 Å². The summed E-state index contributed by atoms with van der Waals surface area (Å²) < 4.78 is 0. The molecule has 1 aliphatic heterocycles. The first-order valence-corrected chi connectivity index (χ1v) is 17.0. The number of hydrogen-bond acceptors (Lipinski definition) is 5. The number of benzene rings is 3. The number of likely N-dealkylation sites (tertiary alicyclic amines) is 1. The highest BCUT2D eigenvalue weighted by atomic mass is 16.4. The number of fused-ring (bicyclic) bond motifs is 1. The SMILES string of the molecule is CN(C)C[C@@H]1CCCN(C(=O)[C@@H](Cc2ccccc2)N(C)C(=O)[C@@H](Cc2ccc3ccccc3c2)NC2(C/C=C/C(=O)O)CCC2)C1. The highest BCUT2D eigenvalue weighted by molar-refractivity contribution is 5.90. The van der Waals surface area contributed by atoms with Gasteiger partial charge in [0.25, 0.3) is 0 Å². The molecule has 8 nitrogen and oxygen atoms in total. The van der Waals surface area contributed by atoms with Crippen LogP contribution in [0.1, 0.15) is 49.7 Å². The Kier molecular flexibility index (Phi) is 11.5. The number of likely N-dealkylation sites (N-methyl/N-ethyl adjacent to an activating group) is 1. The van der Waals surface area contributed by atoms with E-state index in [0.717, 1.165) is 60.5 Å². The average Bonchev–Trinajstić information content (AvgIpc) is 3.04. The molecule has 1 heterocycles. The molecule has 5 rings (SSSR count). The molecular formula is C39H50N4O4. The van der Waals surface area contributed by atoms with Gasteiger partial charge in [0, 0.05) is 44.7 Å². The molecule has 0 bridgehead atoms. The van der Waals surface area contributed by atoms with Crippen molar-refractivity contribution >= 4 is 28.6 Å². The minimum absolute atomic E-state index is 0.000336. The molecule has 2 N–H and O–H groups in total. The Labute approximate surface area is 279 Å². The summed E-state index contributed by atoms with van der Waals surface area (Å²) in [5, 5.41) is 15.2. The van der Waals surface area contributed by atoms with Crippen molar-refractivity contribution in [2.24, 2.45) is 5.92 Å². The van der Waals surface area contributed by atoms with E-state index in [1.54, 1.807) is 18.0 Å². The van der Waals surface area contributed by atoms with Crippen LogP contribution < -0.4 is 5.32 Å². The number of carboxylic acids is 1. The Balaban J connectivity index is 1.44. The highest BCUT2D eigenvalue weighted by Gasteiger charge is 2.42. The van der Waals surface area contributed by atoms with E-state index in [-0.39, 0.29) is 17.4 Å². The zero-order chi connectivity index (χ0) is 33.4. The molecule has 2 amide bonds. The summed E-state index contributed by atoms with van der Waals surface area (Å²) in [6.07, 6.45) is 9.07. The average molecular weight is 639 g/mol. The third-order valence-electron chi connectivity index (χ3n) is 9.94. The number of hydrogen-bond donors (Lipinski definition) is 2. The van der Waals surface area contributed by atoms with Crippen LogP contribution in [0.15, 0.2) is 84.9 Å². The quantitative estimate of drug-likeness (QED) is 0.237. The van der Waals surface area contributed by atoms with Crippen molar-refractivity contribution in [3.8, 4) is 0 Å². The summed E-state index contributed by atoms with van der Waals surface area (Å²) in [6, 6.07) is 23.2. The topological polar surface area (TPSA) is 93.2 Å². The van der Waals surface area contributed by atoms with E-state index in [0.29, 0.717) is 38.3 Å². The molecule has 1 saturated heterocycles. The maximum atomic E-state index is 14.7. The van der Waals surface area contributed by atoms with Gasteiger partial charge in [0.05, 0.1) is 6.04 Å². The molecule has 47 heavy (non-hydrogen) atoms. The van der Waals surface area contributed by atoms with E-state index < -0.39 is 18.1 Å². The van der Waals surface area contributed by atoms with Gasteiger partial charge in [-0.3, -0.25) is 14.9 Å². The Morgan fingerprint density at radius 2 is 1.66 bits per heavy atom. The van der Waals surface area contributed by atoms with Gasteiger partial charge in [0.1, 0.15) is 6.04 Å². The lowest BCUT2D eigenvalue weighted by atomic mass is 9.73.